The van der Waals surface area contributed by atoms with E-state index in [0.717, 1.165) is 0 Å². The molecule has 3 rings (SSSR count). The Morgan fingerprint density at radius 3 is 2.31 bits per heavy atom. The smallest absolute Gasteiger partial charge is 0.292 e. The number of piperazine rings is 1. The van der Waals surface area contributed by atoms with Crippen LogP contribution < -0.4 is 5.32 Å². The normalized spacial score (nSPS) is 15.8. The molecule has 9 nitrogen and oxygen atoms in total. The molecule has 0 aliphatic carbocycles. The molecule has 0 spiro atoms. The average molecular weight is 439 g/mol. The van der Waals surface area contributed by atoms with Crippen LogP contribution in [-0.2, 0) is 14.8 Å². The van der Waals surface area contributed by atoms with Crippen LogP contribution in [0.15, 0.2) is 53.4 Å². The molecule has 2 aromatic carbocycles. The van der Waals surface area contributed by atoms with Gasteiger partial charge in [0.05, 0.1) is 16.4 Å². The monoisotopic (exact) mass is 438 g/mol. The maximum Gasteiger partial charge on any atom is 0.292 e. The minimum Gasteiger partial charge on any atom is -0.319 e. The second-order valence-electron chi connectivity index (χ2n) is 6.46. The van der Waals surface area contributed by atoms with Gasteiger partial charge in [0, 0.05) is 37.3 Å². The molecular weight excluding hydrogens is 420 g/mol. The summed E-state index contributed by atoms with van der Waals surface area (Å²) >= 11 is 5.81. The largest absolute Gasteiger partial charge is 0.319 e. The Morgan fingerprint density at radius 1 is 1.07 bits per heavy atom. The van der Waals surface area contributed by atoms with Gasteiger partial charge in [-0.2, -0.15) is 4.31 Å². The van der Waals surface area contributed by atoms with Gasteiger partial charge in [0.1, 0.15) is 5.69 Å². The highest BCUT2D eigenvalue weighted by atomic mass is 35.5. The van der Waals surface area contributed by atoms with Crippen molar-refractivity contribution < 1.29 is 18.1 Å². The molecule has 0 atom stereocenters. The highest BCUT2D eigenvalue weighted by Gasteiger charge is 2.29. The number of hydrogen-bond donors (Lipinski definition) is 1. The lowest BCUT2D eigenvalue weighted by molar-refractivity contribution is -0.383. The molecule has 0 bridgehead atoms. The number of carbonyl (C=O) groups excluding carboxylic acids is 1. The number of para-hydroxylation sites is 2. The van der Waals surface area contributed by atoms with Crippen LogP contribution >= 0.6 is 11.6 Å². The molecule has 1 aliphatic heterocycles. The standard InChI is InChI=1S/C18H19ClN4O5S/c19-14-5-7-15(8-6-14)29(27,28)22-11-9-21(10-12-22)13-18(24)20-16-3-1-2-4-17(16)23(25)26/h1-8H,9-13H2,(H,20,24). The number of anilines is 1. The highest BCUT2D eigenvalue weighted by Crippen LogP contribution is 2.23. The summed E-state index contributed by atoms with van der Waals surface area (Å²) in [6.07, 6.45) is 0. The van der Waals surface area contributed by atoms with Gasteiger partial charge in [-0.25, -0.2) is 8.42 Å². The van der Waals surface area contributed by atoms with Gasteiger partial charge < -0.3 is 5.32 Å². The van der Waals surface area contributed by atoms with Gasteiger partial charge in [0.2, 0.25) is 15.9 Å². The molecule has 1 N–H and O–H groups in total. The number of nitrogens with zero attached hydrogens (tertiary/aromatic N) is 3. The molecule has 0 aromatic heterocycles. The molecule has 1 saturated heterocycles. The van der Waals surface area contributed by atoms with Crippen LogP contribution in [0.5, 0.6) is 0 Å². The minimum atomic E-state index is -3.62. The lowest BCUT2D eigenvalue weighted by Crippen LogP contribution is -2.50. The number of nitro groups is 1. The first-order valence-electron chi connectivity index (χ1n) is 8.79. The molecule has 2 aromatic rings. The predicted molar refractivity (Wildman–Crippen MR) is 108 cm³/mol. The molecule has 1 aliphatic rings. The number of amides is 1. The second-order valence-corrected chi connectivity index (χ2v) is 8.83. The van der Waals surface area contributed by atoms with Gasteiger partial charge in [-0.15, -0.1) is 0 Å². The van der Waals surface area contributed by atoms with Gasteiger partial charge >= 0.3 is 0 Å². The molecule has 154 valence electrons. The van der Waals surface area contributed by atoms with Crippen LogP contribution in [0.25, 0.3) is 0 Å². The van der Waals surface area contributed by atoms with Gasteiger partial charge in [-0.05, 0) is 30.3 Å². The Bertz CT molecular complexity index is 1010. The Morgan fingerprint density at radius 2 is 1.69 bits per heavy atom. The van der Waals surface area contributed by atoms with E-state index in [-0.39, 0.29) is 35.9 Å². The first-order chi connectivity index (χ1) is 13.8. The average Bonchev–Trinajstić information content (AvgIpc) is 2.69. The third kappa shape index (κ3) is 5.10. The number of carbonyl (C=O) groups is 1. The molecule has 1 fully saturated rings. The summed E-state index contributed by atoms with van der Waals surface area (Å²) in [6, 6.07) is 11.9. The number of hydrogen-bond acceptors (Lipinski definition) is 6. The van der Waals surface area contributed by atoms with E-state index in [1.165, 1.54) is 46.8 Å². The van der Waals surface area contributed by atoms with Crippen molar-refractivity contribution in [1.82, 2.24) is 9.21 Å². The summed E-state index contributed by atoms with van der Waals surface area (Å²) in [5.74, 6) is -0.395. The Labute approximate surface area is 173 Å². The van der Waals surface area contributed by atoms with Crippen LogP contribution in [0, 0.1) is 10.1 Å². The van der Waals surface area contributed by atoms with Crippen molar-refractivity contribution in [1.29, 1.82) is 0 Å². The topological polar surface area (TPSA) is 113 Å². The molecule has 0 saturated carbocycles. The number of nitro benzene ring substituents is 1. The third-order valence-corrected chi connectivity index (χ3v) is 6.69. The van der Waals surface area contributed by atoms with Crippen LogP contribution in [0.2, 0.25) is 5.02 Å². The van der Waals surface area contributed by atoms with E-state index in [4.69, 9.17) is 11.6 Å². The van der Waals surface area contributed by atoms with E-state index >= 15 is 0 Å². The zero-order valence-corrected chi connectivity index (χ0v) is 16.9. The summed E-state index contributed by atoms with van der Waals surface area (Å²) in [5.41, 5.74) is -0.0498. The lowest BCUT2D eigenvalue weighted by atomic mass is 10.2. The fourth-order valence-corrected chi connectivity index (χ4v) is 4.56. The summed E-state index contributed by atoms with van der Waals surface area (Å²) < 4.78 is 26.7. The van der Waals surface area contributed by atoms with Gasteiger partial charge in [-0.3, -0.25) is 19.8 Å². The molecule has 0 radical (unpaired) electrons. The lowest BCUT2D eigenvalue weighted by Gasteiger charge is -2.33. The molecule has 29 heavy (non-hydrogen) atoms. The van der Waals surface area contributed by atoms with E-state index in [1.807, 2.05) is 0 Å². The SMILES string of the molecule is O=C(CN1CCN(S(=O)(=O)c2ccc(Cl)cc2)CC1)Nc1ccccc1[N+](=O)[O-]. The van der Waals surface area contributed by atoms with E-state index in [0.29, 0.717) is 18.1 Å². The molecular formula is C18H19ClN4O5S. The fourth-order valence-electron chi connectivity index (χ4n) is 3.02. The number of sulfonamides is 1. The molecule has 1 heterocycles. The number of benzene rings is 2. The van der Waals surface area contributed by atoms with Gasteiger partial charge in [0.25, 0.3) is 5.69 Å². The van der Waals surface area contributed by atoms with E-state index < -0.39 is 20.9 Å². The van der Waals surface area contributed by atoms with E-state index in [9.17, 15) is 23.3 Å². The maximum absolute atomic E-state index is 12.7. The Kier molecular flexibility index (Phi) is 6.48. The van der Waals surface area contributed by atoms with Crippen LogP contribution in [0.1, 0.15) is 0 Å². The number of nitrogens with one attached hydrogen (secondary N) is 1. The Balaban J connectivity index is 1.57. The van der Waals surface area contributed by atoms with Crippen LogP contribution in [-0.4, -0.2) is 61.2 Å². The fraction of sp³-hybridized carbons (Fsp3) is 0.278. The first-order valence-corrected chi connectivity index (χ1v) is 10.6. The van der Waals surface area contributed by atoms with Crippen molar-refractivity contribution in [3.63, 3.8) is 0 Å². The number of halogens is 1. The summed E-state index contributed by atoms with van der Waals surface area (Å²) in [5, 5.41) is 14.0. The van der Waals surface area contributed by atoms with Crippen molar-refractivity contribution in [2.45, 2.75) is 4.90 Å². The maximum atomic E-state index is 12.7. The van der Waals surface area contributed by atoms with Crippen molar-refractivity contribution in [2.75, 3.05) is 38.0 Å². The molecule has 11 heteroatoms. The Hall–Kier alpha value is -2.53. The van der Waals surface area contributed by atoms with Crippen LogP contribution in [0.4, 0.5) is 11.4 Å². The van der Waals surface area contributed by atoms with Crippen molar-refractivity contribution in [2.24, 2.45) is 0 Å². The van der Waals surface area contributed by atoms with Crippen molar-refractivity contribution in [3.05, 3.63) is 63.7 Å². The predicted octanol–water partition coefficient (Wildman–Crippen LogP) is 2.19. The molecule has 1 amide bonds. The molecule has 0 unspecified atom stereocenters. The minimum absolute atomic E-state index is 0.0148. The summed E-state index contributed by atoms with van der Waals surface area (Å²) in [6.45, 7) is 1.24. The van der Waals surface area contributed by atoms with E-state index in [1.54, 1.807) is 11.0 Å². The number of rotatable bonds is 6. The second kappa shape index (κ2) is 8.87. The summed E-state index contributed by atoms with van der Waals surface area (Å²) in [4.78, 5) is 24.7. The van der Waals surface area contributed by atoms with E-state index in [2.05, 4.69) is 5.32 Å². The van der Waals surface area contributed by atoms with Crippen molar-refractivity contribution >= 4 is 38.9 Å². The highest BCUT2D eigenvalue weighted by molar-refractivity contribution is 7.89. The third-order valence-electron chi connectivity index (χ3n) is 4.52. The zero-order chi connectivity index (χ0) is 21.0. The van der Waals surface area contributed by atoms with Gasteiger partial charge in [-0.1, -0.05) is 23.7 Å². The van der Waals surface area contributed by atoms with Gasteiger partial charge in [0.15, 0.2) is 0 Å². The summed E-state index contributed by atoms with van der Waals surface area (Å²) in [7, 11) is -3.62. The first kappa shape index (κ1) is 21.2. The van der Waals surface area contributed by atoms with Crippen molar-refractivity contribution in [3.8, 4) is 0 Å². The van der Waals surface area contributed by atoms with Crippen LogP contribution in [0.3, 0.4) is 0 Å². The quantitative estimate of drug-likeness (QED) is 0.546. The zero-order valence-electron chi connectivity index (χ0n) is 15.3.